The van der Waals surface area contributed by atoms with Crippen LogP contribution in [0.2, 0.25) is 0 Å². The van der Waals surface area contributed by atoms with Crippen LogP contribution in [0.3, 0.4) is 0 Å². The molecule has 1 unspecified atom stereocenters. The van der Waals surface area contributed by atoms with Gasteiger partial charge in [0.15, 0.2) is 0 Å². The lowest BCUT2D eigenvalue weighted by Crippen LogP contribution is -2.01. The average molecular weight is 204 g/mol. The molecule has 0 aliphatic heterocycles. The number of benzene rings is 1. The molecule has 0 saturated heterocycles. The molecule has 5 heteroatoms. The first-order valence-corrected chi connectivity index (χ1v) is 4.24. The van der Waals surface area contributed by atoms with E-state index in [0.29, 0.717) is 11.8 Å². The van der Waals surface area contributed by atoms with Gasteiger partial charge in [0, 0.05) is 12.0 Å². The number of hydrogen-bond donors (Lipinski definition) is 0. The molecule has 0 aromatic heterocycles. The molecule has 1 rings (SSSR count). The van der Waals surface area contributed by atoms with Crippen LogP contribution in [0.4, 0.5) is 5.69 Å². The molecule has 0 N–H and O–H groups in total. The van der Waals surface area contributed by atoms with Gasteiger partial charge in [-0.25, -0.2) is 0 Å². The summed E-state index contributed by atoms with van der Waals surface area (Å²) in [6.07, 6.45) is 0.653. The van der Waals surface area contributed by atoms with E-state index in [1.54, 1.807) is 19.1 Å². The Labute approximate surface area is 86.1 Å². The molecule has 5 nitrogen and oxygen atoms in total. The van der Waals surface area contributed by atoms with Gasteiger partial charge >= 0.3 is 0 Å². The highest BCUT2D eigenvalue weighted by Crippen LogP contribution is 2.25. The molecular formula is C10H8N2O3. The highest BCUT2D eigenvalue weighted by molar-refractivity contribution is 5.66. The third-order valence-corrected chi connectivity index (χ3v) is 2.08. The molecule has 0 aliphatic rings. The Bertz CT molecular complexity index is 448. The van der Waals surface area contributed by atoms with E-state index in [1.165, 1.54) is 12.1 Å². The molecule has 0 spiro atoms. The van der Waals surface area contributed by atoms with Crippen LogP contribution in [0.5, 0.6) is 0 Å². The molecule has 0 amide bonds. The third-order valence-electron chi connectivity index (χ3n) is 2.08. The Hall–Kier alpha value is -2.22. The largest absolute Gasteiger partial charge is 0.303 e. The number of carbonyl (C=O) groups is 1. The molecule has 0 aliphatic carbocycles. The highest BCUT2D eigenvalue weighted by atomic mass is 16.6. The average Bonchev–Trinajstić information content (AvgIpc) is 2.26. The summed E-state index contributed by atoms with van der Waals surface area (Å²) in [7, 11) is 0. The lowest BCUT2D eigenvalue weighted by Gasteiger charge is -2.05. The van der Waals surface area contributed by atoms with Crippen molar-refractivity contribution in [1.29, 1.82) is 5.26 Å². The number of hydrogen-bond acceptors (Lipinski definition) is 4. The SMILES string of the molecule is CC(C=O)c1cccc([N+](=O)[O-])c1C#N. The van der Waals surface area contributed by atoms with Crippen LogP contribution >= 0.6 is 0 Å². The first-order chi connectivity index (χ1) is 7.11. The van der Waals surface area contributed by atoms with E-state index in [9.17, 15) is 14.9 Å². The van der Waals surface area contributed by atoms with Gasteiger partial charge in [-0.3, -0.25) is 10.1 Å². The fraction of sp³-hybridized carbons (Fsp3) is 0.200. The van der Waals surface area contributed by atoms with Crippen molar-refractivity contribution in [3.63, 3.8) is 0 Å². The molecule has 1 aromatic carbocycles. The van der Waals surface area contributed by atoms with Gasteiger partial charge in [-0.15, -0.1) is 0 Å². The molecular weight excluding hydrogens is 196 g/mol. The lowest BCUT2D eigenvalue weighted by atomic mass is 9.96. The Morgan fingerprint density at radius 2 is 2.27 bits per heavy atom. The number of nitro groups is 1. The van der Waals surface area contributed by atoms with E-state index >= 15 is 0 Å². The van der Waals surface area contributed by atoms with Gasteiger partial charge in [-0.05, 0) is 5.56 Å². The Morgan fingerprint density at radius 1 is 1.60 bits per heavy atom. The van der Waals surface area contributed by atoms with Crippen LogP contribution in [0, 0.1) is 21.4 Å². The van der Waals surface area contributed by atoms with Gasteiger partial charge in [0.1, 0.15) is 17.9 Å². The Balaban J connectivity index is 3.42. The minimum absolute atomic E-state index is 0.0397. The number of nitro benzene ring substituents is 1. The van der Waals surface area contributed by atoms with Crippen molar-refractivity contribution >= 4 is 12.0 Å². The number of carbonyl (C=O) groups excluding carboxylic acids is 1. The van der Waals surface area contributed by atoms with Gasteiger partial charge in [-0.1, -0.05) is 19.1 Å². The molecule has 76 valence electrons. The van der Waals surface area contributed by atoms with Gasteiger partial charge in [0.25, 0.3) is 5.69 Å². The first-order valence-electron chi connectivity index (χ1n) is 4.24. The van der Waals surface area contributed by atoms with Crippen LogP contribution in [-0.2, 0) is 4.79 Å². The Morgan fingerprint density at radius 3 is 2.73 bits per heavy atom. The molecule has 1 aromatic rings. The summed E-state index contributed by atoms with van der Waals surface area (Å²) in [4.78, 5) is 20.6. The lowest BCUT2D eigenvalue weighted by molar-refractivity contribution is -0.385. The van der Waals surface area contributed by atoms with E-state index in [4.69, 9.17) is 5.26 Å². The van der Waals surface area contributed by atoms with Crippen LogP contribution < -0.4 is 0 Å². The number of rotatable bonds is 3. The standard InChI is InChI=1S/C10H8N2O3/c1-7(6-13)8-3-2-4-10(12(14)15)9(8)5-11/h2-4,6-7H,1H3. The summed E-state index contributed by atoms with van der Waals surface area (Å²) in [6.45, 7) is 1.59. The summed E-state index contributed by atoms with van der Waals surface area (Å²) in [5, 5.41) is 19.4. The zero-order valence-corrected chi connectivity index (χ0v) is 8.01. The molecule has 0 bridgehead atoms. The fourth-order valence-corrected chi connectivity index (χ4v) is 1.28. The second-order valence-corrected chi connectivity index (χ2v) is 3.04. The van der Waals surface area contributed by atoms with E-state index in [2.05, 4.69) is 0 Å². The van der Waals surface area contributed by atoms with Crippen molar-refractivity contribution in [2.75, 3.05) is 0 Å². The number of nitriles is 1. The summed E-state index contributed by atoms with van der Waals surface area (Å²) < 4.78 is 0. The molecule has 1 atom stereocenters. The zero-order valence-electron chi connectivity index (χ0n) is 8.01. The van der Waals surface area contributed by atoms with E-state index in [1.807, 2.05) is 0 Å². The maximum atomic E-state index is 10.6. The molecule has 0 heterocycles. The zero-order chi connectivity index (χ0) is 11.4. The van der Waals surface area contributed by atoms with E-state index in [-0.39, 0.29) is 11.3 Å². The van der Waals surface area contributed by atoms with Crippen molar-refractivity contribution in [1.82, 2.24) is 0 Å². The van der Waals surface area contributed by atoms with Gasteiger partial charge in [0.2, 0.25) is 0 Å². The van der Waals surface area contributed by atoms with Crippen LogP contribution in [-0.4, -0.2) is 11.2 Å². The monoisotopic (exact) mass is 204 g/mol. The highest BCUT2D eigenvalue weighted by Gasteiger charge is 2.19. The predicted octanol–water partition coefficient (Wildman–Crippen LogP) is 1.77. The normalized spacial score (nSPS) is 11.5. The molecule has 15 heavy (non-hydrogen) atoms. The second-order valence-electron chi connectivity index (χ2n) is 3.04. The summed E-state index contributed by atoms with van der Waals surface area (Å²) in [5.41, 5.74) is 0.0903. The van der Waals surface area contributed by atoms with Gasteiger partial charge in [0.05, 0.1) is 4.92 Å². The quantitative estimate of drug-likeness (QED) is 0.426. The van der Waals surface area contributed by atoms with Crippen LogP contribution in [0.25, 0.3) is 0 Å². The van der Waals surface area contributed by atoms with Crippen molar-refractivity contribution in [2.24, 2.45) is 0 Å². The van der Waals surface area contributed by atoms with Gasteiger partial charge in [-0.2, -0.15) is 5.26 Å². The predicted molar refractivity (Wildman–Crippen MR) is 52.3 cm³/mol. The Kier molecular flexibility index (Phi) is 3.13. The van der Waals surface area contributed by atoms with Crippen molar-refractivity contribution in [3.8, 4) is 6.07 Å². The number of nitrogens with zero attached hydrogens (tertiary/aromatic N) is 2. The summed E-state index contributed by atoms with van der Waals surface area (Å²) >= 11 is 0. The topological polar surface area (TPSA) is 84.0 Å². The smallest absolute Gasteiger partial charge is 0.287 e. The van der Waals surface area contributed by atoms with Gasteiger partial charge < -0.3 is 4.79 Å². The minimum atomic E-state index is -0.625. The first kappa shape index (κ1) is 10.9. The van der Waals surface area contributed by atoms with E-state index in [0.717, 1.165) is 0 Å². The van der Waals surface area contributed by atoms with Crippen molar-refractivity contribution in [3.05, 3.63) is 39.4 Å². The summed E-state index contributed by atoms with van der Waals surface area (Å²) in [6, 6.07) is 6.02. The maximum Gasteiger partial charge on any atom is 0.287 e. The van der Waals surface area contributed by atoms with E-state index < -0.39 is 10.8 Å². The number of aldehydes is 1. The second kappa shape index (κ2) is 4.33. The summed E-state index contributed by atoms with van der Waals surface area (Å²) in [5.74, 6) is -0.514. The molecule has 0 saturated carbocycles. The minimum Gasteiger partial charge on any atom is -0.303 e. The van der Waals surface area contributed by atoms with Crippen molar-refractivity contribution in [2.45, 2.75) is 12.8 Å². The maximum absolute atomic E-state index is 10.6. The van der Waals surface area contributed by atoms with Crippen molar-refractivity contribution < 1.29 is 9.72 Å². The third kappa shape index (κ3) is 1.99. The fourth-order valence-electron chi connectivity index (χ4n) is 1.28. The van der Waals surface area contributed by atoms with Crippen LogP contribution in [0.1, 0.15) is 24.0 Å². The van der Waals surface area contributed by atoms with Crippen LogP contribution in [0.15, 0.2) is 18.2 Å². The molecule has 0 radical (unpaired) electrons. The molecule has 0 fully saturated rings.